The maximum absolute atomic E-state index is 11.3. The fourth-order valence-corrected chi connectivity index (χ4v) is 0.943. The molecular weight excluding hydrogens is 170 g/mol. The van der Waals surface area contributed by atoms with E-state index in [4.69, 9.17) is 0 Å². The van der Waals surface area contributed by atoms with Gasteiger partial charge in [0.25, 0.3) is 6.47 Å². The number of nitrogens with zero attached hydrogens (tertiary/aromatic N) is 1. The maximum atomic E-state index is 11.3. The van der Waals surface area contributed by atoms with E-state index < -0.39 is 0 Å². The van der Waals surface area contributed by atoms with E-state index in [1.165, 1.54) is 6.20 Å². The number of aryl methyl sites for hydroxylation is 1. The van der Waals surface area contributed by atoms with Crippen LogP contribution in [0.1, 0.15) is 15.9 Å². The summed E-state index contributed by atoms with van der Waals surface area (Å²) in [6.45, 7) is 1.83. The quantitative estimate of drug-likeness (QED) is 0.505. The van der Waals surface area contributed by atoms with Crippen LogP contribution in [0.15, 0.2) is 18.5 Å². The van der Waals surface area contributed by atoms with Crippen LogP contribution >= 0.6 is 0 Å². The van der Waals surface area contributed by atoms with Gasteiger partial charge < -0.3 is 4.74 Å². The van der Waals surface area contributed by atoms with Gasteiger partial charge in [-0.2, -0.15) is 0 Å². The van der Waals surface area contributed by atoms with Crippen LogP contribution in [-0.4, -0.2) is 23.8 Å². The van der Waals surface area contributed by atoms with Gasteiger partial charge in [-0.15, -0.1) is 0 Å². The molecule has 0 atom stereocenters. The first-order valence-electron chi connectivity index (χ1n) is 3.74. The summed E-state index contributed by atoms with van der Waals surface area (Å²) in [5.74, 6) is -0.238. The Morgan fingerprint density at radius 3 is 3.08 bits per heavy atom. The van der Waals surface area contributed by atoms with E-state index in [2.05, 4.69) is 9.72 Å². The van der Waals surface area contributed by atoms with Gasteiger partial charge in [0.2, 0.25) is 5.78 Å². The lowest BCUT2D eigenvalue weighted by Gasteiger charge is -2.01. The van der Waals surface area contributed by atoms with Crippen LogP contribution < -0.4 is 0 Å². The van der Waals surface area contributed by atoms with E-state index in [1.807, 2.05) is 0 Å². The van der Waals surface area contributed by atoms with Gasteiger partial charge in [-0.1, -0.05) is 0 Å². The molecular formula is C9H9NO3. The van der Waals surface area contributed by atoms with Crippen molar-refractivity contribution in [1.29, 1.82) is 0 Å². The van der Waals surface area contributed by atoms with E-state index in [0.29, 0.717) is 5.56 Å². The zero-order valence-corrected chi connectivity index (χ0v) is 7.19. The molecule has 4 heteroatoms. The number of ether oxygens (including phenoxy) is 1. The van der Waals surface area contributed by atoms with Crippen molar-refractivity contribution >= 4 is 12.3 Å². The predicted octanol–water partition coefficient (Wildman–Crippen LogP) is 0.746. The molecule has 0 fully saturated rings. The summed E-state index contributed by atoms with van der Waals surface area (Å²) in [5.41, 5.74) is 1.32. The number of aromatic nitrogens is 1. The number of hydrogen-bond donors (Lipinski definition) is 0. The lowest BCUT2D eigenvalue weighted by atomic mass is 10.1. The van der Waals surface area contributed by atoms with Crippen molar-refractivity contribution < 1.29 is 14.3 Å². The molecule has 0 aromatic carbocycles. The molecule has 1 aromatic heterocycles. The van der Waals surface area contributed by atoms with Crippen LogP contribution in [0, 0.1) is 6.92 Å². The lowest BCUT2D eigenvalue weighted by molar-refractivity contribution is -0.127. The molecule has 0 bridgehead atoms. The summed E-state index contributed by atoms with van der Waals surface area (Å²) in [6, 6.07) is 1.73. The number of carbonyl (C=O) groups is 2. The fourth-order valence-electron chi connectivity index (χ4n) is 0.943. The molecule has 0 N–H and O–H groups in total. The van der Waals surface area contributed by atoms with E-state index in [1.54, 1.807) is 19.2 Å². The highest BCUT2D eigenvalue weighted by Gasteiger charge is 2.08. The van der Waals surface area contributed by atoms with Gasteiger partial charge in [0.15, 0.2) is 6.61 Å². The number of hydrogen-bond acceptors (Lipinski definition) is 4. The van der Waals surface area contributed by atoms with Crippen molar-refractivity contribution in [3.63, 3.8) is 0 Å². The second kappa shape index (κ2) is 4.35. The van der Waals surface area contributed by atoms with Crippen molar-refractivity contribution in [2.45, 2.75) is 6.92 Å². The van der Waals surface area contributed by atoms with Gasteiger partial charge in [-0.05, 0) is 18.6 Å². The standard InChI is InChI=1S/C9H9NO3/c1-7-2-3-10-4-8(7)9(12)5-13-6-11/h2-4,6H,5H2,1H3. The van der Waals surface area contributed by atoms with Crippen LogP contribution in [-0.2, 0) is 9.53 Å². The molecule has 68 valence electrons. The van der Waals surface area contributed by atoms with Crippen molar-refractivity contribution in [3.05, 3.63) is 29.6 Å². The van der Waals surface area contributed by atoms with Crippen LogP contribution in [0.25, 0.3) is 0 Å². The normalized spacial score (nSPS) is 9.31. The first-order chi connectivity index (χ1) is 6.25. The Labute approximate surface area is 75.5 Å². The summed E-state index contributed by atoms with van der Waals surface area (Å²) in [4.78, 5) is 24.9. The van der Waals surface area contributed by atoms with E-state index >= 15 is 0 Å². The molecule has 0 aliphatic rings. The van der Waals surface area contributed by atoms with Gasteiger partial charge in [0.1, 0.15) is 0 Å². The van der Waals surface area contributed by atoms with Crippen molar-refractivity contribution in [2.75, 3.05) is 6.61 Å². The molecule has 0 amide bonds. The predicted molar refractivity (Wildman–Crippen MR) is 45.3 cm³/mol. The van der Waals surface area contributed by atoms with Crippen LogP contribution in [0.3, 0.4) is 0 Å². The molecule has 4 nitrogen and oxygen atoms in total. The molecule has 0 radical (unpaired) electrons. The SMILES string of the molecule is Cc1ccncc1C(=O)COC=O. The van der Waals surface area contributed by atoms with Crippen molar-refractivity contribution in [2.24, 2.45) is 0 Å². The minimum absolute atomic E-state index is 0.226. The third kappa shape index (κ3) is 2.37. The molecule has 0 aliphatic heterocycles. The first-order valence-corrected chi connectivity index (χ1v) is 3.74. The number of Topliss-reactive ketones (excluding diaryl/α,β-unsaturated/α-hetero) is 1. The summed E-state index contributed by atoms with van der Waals surface area (Å²) < 4.78 is 4.35. The third-order valence-corrected chi connectivity index (χ3v) is 1.62. The maximum Gasteiger partial charge on any atom is 0.293 e. The van der Waals surface area contributed by atoms with Crippen molar-refractivity contribution in [1.82, 2.24) is 4.98 Å². The fraction of sp³-hybridized carbons (Fsp3) is 0.222. The van der Waals surface area contributed by atoms with Crippen LogP contribution in [0.2, 0.25) is 0 Å². The smallest absolute Gasteiger partial charge is 0.293 e. The topological polar surface area (TPSA) is 56.3 Å². The molecule has 0 saturated heterocycles. The summed E-state index contributed by atoms with van der Waals surface area (Å²) in [6.07, 6.45) is 3.07. The largest absolute Gasteiger partial charge is 0.459 e. The number of rotatable bonds is 4. The molecule has 0 spiro atoms. The Hall–Kier alpha value is -1.71. The zero-order chi connectivity index (χ0) is 9.68. The summed E-state index contributed by atoms with van der Waals surface area (Å²) in [7, 11) is 0. The van der Waals surface area contributed by atoms with E-state index in [-0.39, 0.29) is 18.9 Å². The highest BCUT2D eigenvalue weighted by atomic mass is 16.5. The Bertz CT molecular complexity index is 322. The second-order valence-corrected chi connectivity index (χ2v) is 2.52. The zero-order valence-electron chi connectivity index (χ0n) is 7.19. The average molecular weight is 179 g/mol. The highest BCUT2D eigenvalue weighted by molar-refractivity contribution is 5.98. The van der Waals surface area contributed by atoms with Crippen molar-refractivity contribution in [3.8, 4) is 0 Å². The molecule has 1 aromatic rings. The summed E-state index contributed by atoms with van der Waals surface area (Å²) in [5, 5.41) is 0. The minimum atomic E-state index is -0.238. The molecule has 0 saturated carbocycles. The molecule has 1 rings (SSSR count). The lowest BCUT2D eigenvalue weighted by Crippen LogP contribution is -2.10. The Morgan fingerprint density at radius 1 is 1.69 bits per heavy atom. The minimum Gasteiger partial charge on any atom is -0.459 e. The van der Waals surface area contributed by atoms with Crippen LogP contribution in [0.5, 0.6) is 0 Å². The van der Waals surface area contributed by atoms with Gasteiger partial charge in [0.05, 0.1) is 0 Å². The van der Waals surface area contributed by atoms with Gasteiger partial charge in [-0.3, -0.25) is 14.6 Å². The molecule has 0 unspecified atom stereocenters. The first kappa shape index (κ1) is 9.38. The molecule has 0 aliphatic carbocycles. The monoisotopic (exact) mass is 179 g/mol. The molecule has 1 heterocycles. The Kier molecular flexibility index (Phi) is 3.14. The van der Waals surface area contributed by atoms with E-state index in [9.17, 15) is 9.59 Å². The second-order valence-electron chi connectivity index (χ2n) is 2.52. The number of carbonyl (C=O) groups excluding carboxylic acids is 2. The highest BCUT2D eigenvalue weighted by Crippen LogP contribution is 2.05. The average Bonchev–Trinajstić information content (AvgIpc) is 2.15. The Balaban J connectivity index is 2.76. The molecule has 13 heavy (non-hydrogen) atoms. The number of ketones is 1. The van der Waals surface area contributed by atoms with Gasteiger partial charge in [0, 0.05) is 18.0 Å². The van der Waals surface area contributed by atoms with Gasteiger partial charge in [-0.25, -0.2) is 0 Å². The number of pyridine rings is 1. The van der Waals surface area contributed by atoms with E-state index in [0.717, 1.165) is 5.56 Å². The summed E-state index contributed by atoms with van der Waals surface area (Å²) >= 11 is 0. The third-order valence-electron chi connectivity index (χ3n) is 1.62. The Morgan fingerprint density at radius 2 is 2.46 bits per heavy atom. The van der Waals surface area contributed by atoms with Crippen LogP contribution in [0.4, 0.5) is 0 Å². The van der Waals surface area contributed by atoms with Gasteiger partial charge >= 0.3 is 0 Å².